The molecule has 1 N–H and O–H groups in total. The minimum absolute atomic E-state index is 0.362. The lowest BCUT2D eigenvalue weighted by Gasteiger charge is -2.36. The number of nitrogens with one attached hydrogen (secondary N) is 1. The lowest BCUT2D eigenvalue weighted by atomic mass is 9.87. The summed E-state index contributed by atoms with van der Waals surface area (Å²) in [6.07, 6.45) is 0. The van der Waals surface area contributed by atoms with E-state index in [0.29, 0.717) is 17.5 Å². The van der Waals surface area contributed by atoms with Crippen LogP contribution >= 0.6 is 0 Å². The maximum Gasteiger partial charge on any atom is 0.0166 e. The van der Waals surface area contributed by atoms with Gasteiger partial charge in [-0.05, 0) is 32.9 Å². The van der Waals surface area contributed by atoms with Gasteiger partial charge in [0.25, 0.3) is 0 Å². The molecule has 0 spiro atoms. The predicted molar refractivity (Wildman–Crippen MR) is 64.7 cm³/mol. The highest BCUT2D eigenvalue weighted by Gasteiger charge is 2.24. The first-order valence-electron chi connectivity index (χ1n) is 5.72. The highest BCUT2D eigenvalue weighted by atomic mass is 15.2. The Morgan fingerprint density at radius 3 is 2.07 bits per heavy atom. The zero-order valence-corrected chi connectivity index (χ0v) is 11.0. The third kappa shape index (κ3) is 4.97. The normalized spacial score (nSPS) is 17.1. The number of likely N-dealkylation sites (N-methyl/N-ethyl adjacent to an activating group) is 2. The smallest absolute Gasteiger partial charge is 0.0166 e. The predicted octanol–water partition coefficient (Wildman–Crippen LogP) is 2.35. The lowest BCUT2D eigenvalue weighted by molar-refractivity contribution is 0.131. The maximum absolute atomic E-state index is 3.44. The van der Waals surface area contributed by atoms with E-state index in [1.165, 1.54) is 0 Å². The van der Waals surface area contributed by atoms with Gasteiger partial charge in [0.15, 0.2) is 0 Å². The molecule has 2 unspecified atom stereocenters. The van der Waals surface area contributed by atoms with Gasteiger partial charge in [-0.1, -0.05) is 27.7 Å². The van der Waals surface area contributed by atoms with Gasteiger partial charge >= 0.3 is 0 Å². The second-order valence-corrected chi connectivity index (χ2v) is 5.44. The van der Waals surface area contributed by atoms with E-state index in [0.717, 1.165) is 13.1 Å². The molecule has 0 aliphatic heterocycles. The maximum atomic E-state index is 3.44. The van der Waals surface area contributed by atoms with Crippen molar-refractivity contribution in [2.45, 2.75) is 53.6 Å². The Morgan fingerprint density at radius 2 is 1.71 bits per heavy atom. The quantitative estimate of drug-likeness (QED) is 0.733. The van der Waals surface area contributed by atoms with Crippen molar-refractivity contribution in [1.29, 1.82) is 0 Å². The molecule has 2 heteroatoms. The monoisotopic (exact) mass is 200 g/mol. The van der Waals surface area contributed by atoms with Crippen molar-refractivity contribution in [1.82, 2.24) is 10.2 Å². The molecule has 0 saturated heterocycles. The molecule has 0 amide bonds. The van der Waals surface area contributed by atoms with E-state index in [9.17, 15) is 0 Å². The SMILES string of the molecule is CCNC(C)CN(C)C(C)C(C)(C)C. The molecule has 0 rings (SSSR count). The Labute approximate surface area is 90.1 Å². The molecule has 0 fully saturated rings. The Balaban J connectivity index is 4.01. The fourth-order valence-corrected chi connectivity index (χ4v) is 1.66. The minimum Gasteiger partial charge on any atom is -0.313 e. The molecule has 14 heavy (non-hydrogen) atoms. The van der Waals surface area contributed by atoms with Crippen LogP contribution in [0.15, 0.2) is 0 Å². The van der Waals surface area contributed by atoms with E-state index in [2.05, 4.69) is 58.8 Å². The van der Waals surface area contributed by atoms with Crippen LogP contribution in [0, 0.1) is 5.41 Å². The largest absolute Gasteiger partial charge is 0.313 e. The van der Waals surface area contributed by atoms with Crippen molar-refractivity contribution in [3.8, 4) is 0 Å². The summed E-state index contributed by atoms with van der Waals surface area (Å²) in [5, 5.41) is 3.44. The second-order valence-electron chi connectivity index (χ2n) is 5.44. The van der Waals surface area contributed by atoms with Crippen LogP contribution in [0.1, 0.15) is 41.5 Å². The summed E-state index contributed by atoms with van der Waals surface area (Å²) in [6.45, 7) is 15.8. The van der Waals surface area contributed by atoms with E-state index in [1.807, 2.05) is 0 Å². The third-order valence-corrected chi connectivity index (χ3v) is 3.03. The van der Waals surface area contributed by atoms with E-state index < -0.39 is 0 Å². The van der Waals surface area contributed by atoms with Crippen molar-refractivity contribution >= 4 is 0 Å². The minimum atomic E-state index is 0.362. The fraction of sp³-hybridized carbons (Fsp3) is 1.00. The highest BCUT2D eigenvalue weighted by molar-refractivity contribution is 4.79. The van der Waals surface area contributed by atoms with Crippen molar-refractivity contribution in [3.63, 3.8) is 0 Å². The highest BCUT2D eigenvalue weighted by Crippen LogP contribution is 2.22. The first-order valence-corrected chi connectivity index (χ1v) is 5.72. The zero-order valence-electron chi connectivity index (χ0n) is 11.0. The number of hydrogen-bond acceptors (Lipinski definition) is 2. The van der Waals surface area contributed by atoms with Gasteiger partial charge in [0.2, 0.25) is 0 Å². The molecule has 0 saturated carbocycles. The number of nitrogens with zero attached hydrogens (tertiary/aromatic N) is 1. The van der Waals surface area contributed by atoms with Crippen LogP contribution in [-0.2, 0) is 0 Å². The molecule has 0 radical (unpaired) electrons. The molecule has 0 aliphatic carbocycles. The molecule has 0 aromatic carbocycles. The van der Waals surface area contributed by atoms with Gasteiger partial charge in [0.1, 0.15) is 0 Å². The molecule has 0 aromatic heterocycles. The van der Waals surface area contributed by atoms with Crippen LogP contribution in [-0.4, -0.2) is 37.1 Å². The summed E-state index contributed by atoms with van der Waals surface area (Å²) < 4.78 is 0. The third-order valence-electron chi connectivity index (χ3n) is 3.03. The second kappa shape index (κ2) is 5.72. The first kappa shape index (κ1) is 13.9. The topological polar surface area (TPSA) is 15.3 Å². The summed E-state index contributed by atoms with van der Waals surface area (Å²) in [5.41, 5.74) is 0.362. The van der Waals surface area contributed by atoms with Crippen LogP contribution in [0.4, 0.5) is 0 Å². The Kier molecular flexibility index (Phi) is 5.68. The van der Waals surface area contributed by atoms with E-state index in [1.54, 1.807) is 0 Å². The van der Waals surface area contributed by atoms with Gasteiger partial charge in [0, 0.05) is 18.6 Å². The average molecular weight is 200 g/mol. The molecule has 0 aromatic rings. The number of rotatable bonds is 5. The Hall–Kier alpha value is -0.0800. The van der Waals surface area contributed by atoms with Crippen LogP contribution in [0.3, 0.4) is 0 Å². The van der Waals surface area contributed by atoms with Crippen molar-refractivity contribution in [2.75, 3.05) is 20.1 Å². The summed E-state index contributed by atoms with van der Waals surface area (Å²) in [5.74, 6) is 0. The molecule has 0 heterocycles. The van der Waals surface area contributed by atoms with Gasteiger partial charge < -0.3 is 10.2 Å². The van der Waals surface area contributed by atoms with Crippen molar-refractivity contribution in [2.24, 2.45) is 5.41 Å². The van der Waals surface area contributed by atoms with Gasteiger partial charge in [-0.15, -0.1) is 0 Å². The lowest BCUT2D eigenvalue weighted by Crippen LogP contribution is -2.45. The first-order chi connectivity index (χ1) is 6.29. The molecular weight excluding hydrogens is 172 g/mol. The van der Waals surface area contributed by atoms with Gasteiger partial charge in [-0.2, -0.15) is 0 Å². The summed E-state index contributed by atoms with van der Waals surface area (Å²) in [6, 6.07) is 1.19. The van der Waals surface area contributed by atoms with Crippen LogP contribution in [0.2, 0.25) is 0 Å². The van der Waals surface area contributed by atoms with E-state index in [-0.39, 0.29) is 0 Å². The molecule has 2 atom stereocenters. The molecular formula is C12H28N2. The summed E-state index contributed by atoms with van der Waals surface area (Å²) >= 11 is 0. The summed E-state index contributed by atoms with van der Waals surface area (Å²) in [4.78, 5) is 2.44. The van der Waals surface area contributed by atoms with Crippen molar-refractivity contribution in [3.05, 3.63) is 0 Å². The van der Waals surface area contributed by atoms with Crippen LogP contribution < -0.4 is 5.32 Å². The van der Waals surface area contributed by atoms with Gasteiger partial charge in [-0.25, -0.2) is 0 Å². The number of hydrogen-bond donors (Lipinski definition) is 1. The standard InChI is InChI=1S/C12H28N2/c1-8-13-10(2)9-14(7)11(3)12(4,5)6/h10-11,13H,8-9H2,1-7H3. The van der Waals surface area contributed by atoms with Crippen LogP contribution in [0.25, 0.3) is 0 Å². The molecule has 0 bridgehead atoms. The van der Waals surface area contributed by atoms with Crippen molar-refractivity contribution < 1.29 is 0 Å². The summed E-state index contributed by atoms with van der Waals surface area (Å²) in [7, 11) is 2.21. The zero-order chi connectivity index (χ0) is 11.4. The Bertz CT molecular complexity index is 149. The average Bonchev–Trinajstić information content (AvgIpc) is 2.01. The van der Waals surface area contributed by atoms with E-state index in [4.69, 9.17) is 0 Å². The molecule has 0 aliphatic rings. The van der Waals surface area contributed by atoms with Crippen LogP contribution in [0.5, 0.6) is 0 Å². The van der Waals surface area contributed by atoms with E-state index >= 15 is 0 Å². The van der Waals surface area contributed by atoms with Gasteiger partial charge in [0.05, 0.1) is 0 Å². The fourth-order valence-electron chi connectivity index (χ4n) is 1.66. The Morgan fingerprint density at radius 1 is 1.21 bits per heavy atom. The molecule has 86 valence electrons. The van der Waals surface area contributed by atoms with Gasteiger partial charge in [-0.3, -0.25) is 0 Å². The molecule has 2 nitrogen and oxygen atoms in total.